The lowest BCUT2D eigenvalue weighted by atomic mass is 9.92. The van der Waals surface area contributed by atoms with Crippen molar-refractivity contribution in [3.05, 3.63) is 53.6 Å². The zero-order valence-corrected chi connectivity index (χ0v) is 14.0. The molecule has 1 unspecified atom stereocenters. The Labute approximate surface area is 137 Å². The highest BCUT2D eigenvalue weighted by atomic mass is 16.5. The predicted octanol–water partition coefficient (Wildman–Crippen LogP) is 3.82. The van der Waals surface area contributed by atoms with E-state index in [0.29, 0.717) is 5.75 Å². The van der Waals surface area contributed by atoms with Gasteiger partial charge in [0.15, 0.2) is 5.78 Å². The zero-order chi connectivity index (χ0) is 16.8. The molecule has 0 saturated carbocycles. The van der Waals surface area contributed by atoms with E-state index < -0.39 is 0 Å². The highest BCUT2D eigenvalue weighted by Gasteiger charge is 2.14. The first-order valence-electron chi connectivity index (χ1n) is 7.49. The number of Topliss-reactive ketones (excluding diaryl/α,β-unsaturated/α-hetero) is 1. The lowest BCUT2D eigenvalue weighted by Crippen LogP contribution is -2.06. The largest absolute Gasteiger partial charge is 0.497 e. The molecule has 4 heteroatoms. The Bertz CT molecular complexity index is 662. The van der Waals surface area contributed by atoms with Gasteiger partial charge in [-0.1, -0.05) is 25.1 Å². The minimum Gasteiger partial charge on any atom is -0.497 e. The van der Waals surface area contributed by atoms with Crippen molar-refractivity contribution in [3.63, 3.8) is 0 Å². The third-order valence-corrected chi connectivity index (χ3v) is 3.73. The summed E-state index contributed by atoms with van der Waals surface area (Å²) in [6.07, 6.45) is 0. The molecule has 0 aliphatic carbocycles. The maximum absolute atomic E-state index is 11.0. The van der Waals surface area contributed by atoms with Gasteiger partial charge in [-0.15, -0.1) is 0 Å². The van der Waals surface area contributed by atoms with E-state index >= 15 is 0 Å². The van der Waals surface area contributed by atoms with Crippen LogP contribution in [-0.2, 0) is 4.79 Å². The minimum atomic E-state index is 0.00501. The van der Waals surface area contributed by atoms with Crippen LogP contribution in [0.25, 0.3) is 0 Å². The van der Waals surface area contributed by atoms with Crippen molar-refractivity contribution >= 4 is 5.78 Å². The highest BCUT2D eigenvalue weighted by molar-refractivity contribution is 5.77. The number of methoxy groups -OCH3 is 2. The second-order valence-corrected chi connectivity index (χ2v) is 5.39. The van der Waals surface area contributed by atoms with Gasteiger partial charge in [0.1, 0.15) is 23.9 Å². The Hall–Kier alpha value is -2.49. The first-order valence-corrected chi connectivity index (χ1v) is 7.49. The molecule has 2 aromatic rings. The maximum Gasteiger partial charge on any atom is 0.167 e. The molecule has 1 atom stereocenters. The lowest BCUT2D eigenvalue weighted by molar-refractivity contribution is -0.118. The molecule has 0 heterocycles. The van der Waals surface area contributed by atoms with Crippen molar-refractivity contribution in [1.29, 1.82) is 0 Å². The van der Waals surface area contributed by atoms with Crippen molar-refractivity contribution in [1.82, 2.24) is 0 Å². The summed E-state index contributed by atoms with van der Waals surface area (Å²) in [6, 6.07) is 13.6. The first-order chi connectivity index (χ1) is 11.0. The lowest BCUT2D eigenvalue weighted by Gasteiger charge is -2.17. The molecule has 2 aromatic carbocycles. The molecule has 0 amide bonds. The van der Waals surface area contributed by atoms with Crippen LogP contribution >= 0.6 is 0 Å². The van der Waals surface area contributed by atoms with E-state index in [4.69, 9.17) is 14.2 Å². The molecule has 122 valence electrons. The van der Waals surface area contributed by atoms with Crippen molar-refractivity contribution in [2.45, 2.75) is 19.8 Å². The van der Waals surface area contributed by atoms with Crippen molar-refractivity contribution in [3.8, 4) is 17.2 Å². The molecule has 0 aliphatic heterocycles. The Kier molecular flexibility index (Phi) is 5.63. The summed E-state index contributed by atoms with van der Waals surface area (Å²) in [5, 5.41) is 0. The van der Waals surface area contributed by atoms with Gasteiger partial charge in [-0.3, -0.25) is 4.79 Å². The first kappa shape index (κ1) is 16.9. The molecule has 0 N–H and O–H groups in total. The molecule has 0 aliphatic rings. The van der Waals surface area contributed by atoms with Crippen LogP contribution in [0.15, 0.2) is 42.5 Å². The summed E-state index contributed by atoms with van der Waals surface area (Å²) >= 11 is 0. The fourth-order valence-corrected chi connectivity index (χ4v) is 2.39. The van der Waals surface area contributed by atoms with Gasteiger partial charge in [0.2, 0.25) is 0 Å². The van der Waals surface area contributed by atoms with E-state index in [2.05, 4.69) is 6.92 Å². The van der Waals surface area contributed by atoms with Gasteiger partial charge < -0.3 is 14.2 Å². The summed E-state index contributed by atoms with van der Waals surface area (Å²) in [5.41, 5.74) is 2.23. The average Bonchev–Trinajstić information content (AvgIpc) is 2.59. The number of hydrogen-bond acceptors (Lipinski definition) is 4. The molecule has 2 rings (SSSR count). The quantitative estimate of drug-likeness (QED) is 0.779. The molecule has 0 aromatic heterocycles. The Balaban J connectivity index is 2.19. The second kappa shape index (κ2) is 7.68. The third-order valence-electron chi connectivity index (χ3n) is 3.73. The van der Waals surface area contributed by atoms with Gasteiger partial charge >= 0.3 is 0 Å². The molecule has 0 radical (unpaired) electrons. The Morgan fingerprint density at radius 3 is 2.22 bits per heavy atom. The number of benzene rings is 2. The van der Waals surface area contributed by atoms with Crippen LogP contribution in [-0.4, -0.2) is 26.6 Å². The van der Waals surface area contributed by atoms with Crippen molar-refractivity contribution in [2.75, 3.05) is 20.8 Å². The monoisotopic (exact) mass is 314 g/mol. The number of rotatable bonds is 7. The van der Waals surface area contributed by atoms with E-state index in [1.165, 1.54) is 6.92 Å². The van der Waals surface area contributed by atoms with Crippen LogP contribution < -0.4 is 14.2 Å². The van der Waals surface area contributed by atoms with Crippen LogP contribution in [0.4, 0.5) is 0 Å². The van der Waals surface area contributed by atoms with Gasteiger partial charge in [0, 0.05) is 17.5 Å². The summed E-state index contributed by atoms with van der Waals surface area (Å²) in [7, 11) is 3.29. The Morgan fingerprint density at radius 2 is 1.65 bits per heavy atom. The molecule has 23 heavy (non-hydrogen) atoms. The fourth-order valence-electron chi connectivity index (χ4n) is 2.39. The van der Waals surface area contributed by atoms with Crippen LogP contribution in [0.3, 0.4) is 0 Å². The van der Waals surface area contributed by atoms with Gasteiger partial charge in [0.25, 0.3) is 0 Å². The van der Waals surface area contributed by atoms with E-state index in [1.54, 1.807) is 14.2 Å². The van der Waals surface area contributed by atoms with Crippen LogP contribution in [0.1, 0.15) is 30.9 Å². The van der Waals surface area contributed by atoms with Crippen molar-refractivity contribution in [2.24, 2.45) is 0 Å². The molecular weight excluding hydrogens is 292 g/mol. The normalized spacial score (nSPS) is 11.7. The SMILES string of the molecule is COc1ccc(C(C)c2ccc(OCC(C)=O)cc2)c(OC)c1. The Morgan fingerprint density at radius 1 is 1.00 bits per heavy atom. The summed E-state index contributed by atoms with van der Waals surface area (Å²) < 4.78 is 16.1. The van der Waals surface area contributed by atoms with E-state index in [-0.39, 0.29) is 18.3 Å². The molecule has 0 spiro atoms. The predicted molar refractivity (Wildman–Crippen MR) is 89.7 cm³/mol. The average molecular weight is 314 g/mol. The molecule has 0 saturated heterocycles. The summed E-state index contributed by atoms with van der Waals surface area (Å²) in [6.45, 7) is 3.73. The molecule has 0 fully saturated rings. The standard InChI is InChI=1S/C19H22O4/c1-13(20)12-23-16-7-5-15(6-8-16)14(2)18-10-9-17(21-3)11-19(18)22-4/h5-11,14H,12H2,1-4H3. The van der Waals surface area contributed by atoms with Crippen molar-refractivity contribution < 1.29 is 19.0 Å². The fraction of sp³-hybridized carbons (Fsp3) is 0.316. The van der Waals surface area contributed by atoms with Crippen LogP contribution in [0, 0.1) is 0 Å². The van der Waals surface area contributed by atoms with Crippen LogP contribution in [0.2, 0.25) is 0 Å². The molecule has 0 bridgehead atoms. The zero-order valence-electron chi connectivity index (χ0n) is 14.0. The van der Waals surface area contributed by atoms with E-state index in [9.17, 15) is 4.79 Å². The maximum atomic E-state index is 11.0. The minimum absolute atomic E-state index is 0.00501. The van der Waals surface area contributed by atoms with Gasteiger partial charge in [-0.05, 0) is 30.7 Å². The number of carbonyl (C=O) groups is 1. The smallest absolute Gasteiger partial charge is 0.167 e. The number of ketones is 1. The molecular formula is C19H22O4. The number of carbonyl (C=O) groups excluding carboxylic acids is 1. The summed E-state index contributed by atoms with van der Waals surface area (Å²) in [4.78, 5) is 11.0. The topological polar surface area (TPSA) is 44.8 Å². The van der Waals surface area contributed by atoms with Crippen LogP contribution in [0.5, 0.6) is 17.2 Å². The number of ether oxygens (including phenoxy) is 3. The van der Waals surface area contributed by atoms with E-state index in [1.807, 2.05) is 42.5 Å². The molecule has 4 nitrogen and oxygen atoms in total. The second-order valence-electron chi connectivity index (χ2n) is 5.39. The summed E-state index contributed by atoms with van der Waals surface area (Å²) in [5.74, 6) is 2.43. The number of hydrogen-bond donors (Lipinski definition) is 0. The third kappa shape index (κ3) is 4.25. The van der Waals surface area contributed by atoms with E-state index in [0.717, 1.165) is 22.6 Å². The van der Waals surface area contributed by atoms with Gasteiger partial charge in [-0.25, -0.2) is 0 Å². The highest BCUT2D eigenvalue weighted by Crippen LogP contribution is 2.34. The van der Waals surface area contributed by atoms with Gasteiger partial charge in [0.05, 0.1) is 14.2 Å². The van der Waals surface area contributed by atoms with Gasteiger partial charge in [-0.2, -0.15) is 0 Å².